The van der Waals surface area contributed by atoms with E-state index in [1.54, 1.807) is 24.3 Å². The summed E-state index contributed by atoms with van der Waals surface area (Å²) in [6.07, 6.45) is 9.23. The van der Waals surface area contributed by atoms with Crippen LogP contribution in [-0.2, 0) is 15.0 Å². The Kier molecular flexibility index (Phi) is 5.97. The van der Waals surface area contributed by atoms with E-state index in [2.05, 4.69) is 17.4 Å². The number of urea groups is 1. The number of hydrogen-bond acceptors (Lipinski definition) is 5. The van der Waals surface area contributed by atoms with Crippen LogP contribution in [0.3, 0.4) is 0 Å². The van der Waals surface area contributed by atoms with Crippen molar-refractivity contribution >= 4 is 53.0 Å². The van der Waals surface area contributed by atoms with Gasteiger partial charge in [-0.25, -0.2) is 9.69 Å². The van der Waals surface area contributed by atoms with Gasteiger partial charge in [-0.2, -0.15) is 0 Å². The fourth-order valence-electron chi connectivity index (χ4n) is 7.55. The van der Waals surface area contributed by atoms with Gasteiger partial charge in [-0.3, -0.25) is 14.9 Å². The maximum absolute atomic E-state index is 13.4. The SMILES string of the molecule is O=C1NC(=O)N(c2ccc(C34CC5CC(CC(C5)C3)C4)cc2)C(=O)C1=Cc1ccc(Sc2ccc(Cl)cc2)o1. The third-order valence-corrected chi connectivity index (χ3v) is 9.98. The molecule has 2 heterocycles. The average molecular weight is 559 g/mol. The van der Waals surface area contributed by atoms with Crippen LogP contribution < -0.4 is 10.2 Å². The zero-order chi connectivity index (χ0) is 26.7. The molecule has 5 fully saturated rings. The van der Waals surface area contributed by atoms with Gasteiger partial charge in [0.05, 0.1) is 5.69 Å². The minimum absolute atomic E-state index is 0.155. The molecule has 0 spiro atoms. The Morgan fingerprint density at radius 1 is 0.872 bits per heavy atom. The minimum Gasteiger partial charge on any atom is -0.450 e. The fourth-order valence-corrected chi connectivity index (χ4v) is 8.45. The van der Waals surface area contributed by atoms with Crippen molar-refractivity contribution in [2.24, 2.45) is 17.8 Å². The van der Waals surface area contributed by atoms with Gasteiger partial charge in [-0.15, -0.1) is 0 Å². The highest BCUT2D eigenvalue weighted by Crippen LogP contribution is 2.60. The Hall–Kier alpha value is -3.29. The molecule has 1 aliphatic heterocycles. The van der Waals surface area contributed by atoms with Crippen molar-refractivity contribution in [3.63, 3.8) is 0 Å². The van der Waals surface area contributed by atoms with Gasteiger partial charge in [0.2, 0.25) is 0 Å². The van der Waals surface area contributed by atoms with Crippen molar-refractivity contribution in [1.29, 1.82) is 0 Å². The molecule has 4 amide bonds. The molecule has 1 aromatic heterocycles. The lowest BCUT2D eigenvalue weighted by molar-refractivity contribution is -0.122. The van der Waals surface area contributed by atoms with E-state index in [-0.39, 0.29) is 11.0 Å². The second kappa shape index (κ2) is 9.42. The molecule has 39 heavy (non-hydrogen) atoms. The summed E-state index contributed by atoms with van der Waals surface area (Å²) in [5.74, 6) is 1.42. The number of benzene rings is 2. The first-order valence-corrected chi connectivity index (χ1v) is 14.6. The van der Waals surface area contributed by atoms with Crippen LogP contribution in [0.2, 0.25) is 5.02 Å². The first-order valence-electron chi connectivity index (χ1n) is 13.4. The number of imide groups is 2. The number of hydrogen-bond donors (Lipinski definition) is 1. The number of amides is 4. The Morgan fingerprint density at radius 3 is 2.15 bits per heavy atom. The summed E-state index contributed by atoms with van der Waals surface area (Å²) in [6, 6.07) is 17.9. The number of nitrogens with one attached hydrogen (secondary N) is 1. The van der Waals surface area contributed by atoms with E-state index < -0.39 is 17.8 Å². The van der Waals surface area contributed by atoms with Gasteiger partial charge in [0.15, 0.2) is 5.09 Å². The van der Waals surface area contributed by atoms with Crippen LogP contribution in [0.5, 0.6) is 0 Å². The van der Waals surface area contributed by atoms with Crippen LogP contribution in [0.15, 0.2) is 80.6 Å². The topological polar surface area (TPSA) is 79.6 Å². The van der Waals surface area contributed by atoms with E-state index in [1.807, 2.05) is 24.3 Å². The third kappa shape index (κ3) is 4.51. The van der Waals surface area contributed by atoms with Gasteiger partial charge >= 0.3 is 6.03 Å². The number of rotatable bonds is 5. The molecule has 6 nitrogen and oxygen atoms in total. The van der Waals surface area contributed by atoms with Crippen LogP contribution in [-0.4, -0.2) is 17.8 Å². The molecular formula is C31H27ClN2O4S. The van der Waals surface area contributed by atoms with Gasteiger partial charge in [-0.05, 0) is 122 Å². The van der Waals surface area contributed by atoms with Gasteiger partial charge in [0.25, 0.3) is 11.8 Å². The molecule has 8 heteroatoms. The standard InChI is InChI=1S/C31H27ClN2O4S/c32-22-3-8-25(9-4-22)39-27-10-7-24(38-27)14-26-28(35)33-30(37)34(29(26)36)23-5-1-21(2-6-23)31-15-18-11-19(16-31)13-20(12-18)17-31/h1-10,14,18-20H,11-13,15-17H2,(H,33,35,37). The second-order valence-electron chi connectivity index (χ2n) is 11.4. The molecule has 5 aliphatic rings. The number of anilines is 1. The van der Waals surface area contributed by atoms with Crippen LogP contribution in [0.1, 0.15) is 49.8 Å². The van der Waals surface area contributed by atoms with Crippen LogP contribution >= 0.6 is 23.4 Å². The number of nitrogens with zero attached hydrogens (tertiary/aromatic N) is 1. The lowest BCUT2D eigenvalue weighted by atomic mass is 9.48. The summed E-state index contributed by atoms with van der Waals surface area (Å²) < 4.78 is 5.84. The van der Waals surface area contributed by atoms with Crippen molar-refractivity contribution in [3.8, 4) is 0 Å². The molecular weight excluding hydrogens is 532 g/mol. The highest BCUT2D eigenvalue weighted by Gasteiger charge is 2.51. The average Bonchev–Trinajstić information content (AvgIpc) is 3.34. The first kappa shape index (κ1) is 24.7. The molecule has 0 unspecified atom stereocenters. The molecule has 198 valence electrons. The molecule has 3 aromatic rings. The van der Waals surface area contributed by atoms with Crippen LogP contribution in [0.4, 0.5) is 10.5 Å². The molecule has 2 aromatic carbocycles. The molecule has 1 N–H and O–H groups in total. The number of furan rings is 1. The number of halogens is 1. The lowest BCUT2D eigenvalue weighted by Crippen LogP contribution is -2.54. The smallest absolute Gasteiger partial charge is 0.335 e. The summed E-state index contributed by atoms with van der Waals surface area (Å²) in [7, 11) is 0. The quantitative estimate of drug-likeness (QED) is 0.264. The maximum Gasteiger partial charge on any atom is 0.335 e. The minimum atomic E-state index is -0.747. The summed E-state index contributed by atoms with van der Waals surface area (Å²) in [5, 5.41) is 3.55. The van der Waals surface area contributed by atoms with E-state index in [0.717, 1.165) is 27.5 Å². The number of carbonyl (C=O) groups excluding carboxylic acids is 3. The van der Waals surface area contributed by atoms with Crippen molar-refractivity contribution in [2.45, 2.75) is 53.9 Å². The normalized spacial score (nSPS) is 28.8. The van der Waals surface area contributed by atoms with E-state index >= 15 is 0 Å². The monoisotopic (exact) mass is 558 g/mol. The van der Waals surface area contributed by atoms with Gasteiger partial charge in [0, 0.05) is 9.92 Å². The fraction of sp³-hybridized carbons (Fsp3) is 0.323. The second-order valence-corrected chi connectivity index (χ2v) is 12.9. The molecule has 1 saturated heterocycles. The lowest BCUT2D eigenvalue weighted by Gasteiger charge is -2.57. The Bertz CT molecular complexity index is 1470. The summed E-state index contributed by atoms with van der Waals surface area (Å²) in [6.45, 7) is 0. The first-order chi connectivity index (χ1) is 18.8. The highest BCUT2D eigenvalue weighted by molar-refractivity contribution is 7.99. The largest absolute Gasteiger partial charge is 0.450 e. The summed E-state index contributed by atoms with van der Waals surface area (Å²) >= 11 is 7.35. The summed E-state index contributed by atoms with van der Waals surface area (Å²) in [4.78, 5) is 40.8. The predicted molar refractivity (Wildman–Crippen MR) is 150 cm³/mol. The molecule has 0 atom stereocenters. The molecule has 4 aliphatic carbocycles. The molecule has 4 bridgehead atoms. The Balaban J connectivity index is 1.12. The Morgan fingerprint density at radius 2 is 1.51 bits per heavy atom. The zero-order valence-electron chi connectivity index (χ0n) is 21.2. The van der Waals surface area contributed by atoms with Crippen molar-refractivity contribution in [2.75, 3.05) is 4.90 Å². The van der Waals surface area contributed by atoms with E-state index in [1.165, 1.54) is 61.9 Å². The van der Waals surface area contributed by atoms with E-state index in [4.69, 9.17) is 16.0 Å². The van der Waals surface area contributed by atoms with Gasteiger partial charge in [-0.1, -0.05) is 35.5 Å². The highest BCUT2D eigenvalue weighted by atomic mass is 35.5. The third-order valence-electron chi connectivity index (χ3n) is 8.80. The van der Waals surface area contributed by atoms with Gasteiger partial charge in [0.1, 0.15) is 11.3 Å². The molecule has 8 rings (SSSR count). The summed E-state index contributed by atoms with van der Waals surface area (Å²) in [5.41, 5.74) is 1.83. The van der Waals surface area contributed by atoms with Gasteiger partial charge < -0.3 is 4.42 Å². The van der Waals surface area contributed by atoms with E-state index in [0.29, 0.717) is 21.6 Å². The van der Waals surface area contributed by atoms with E-state index in [9.17, 15) is 14.4 Å². The van der Waals surface area contributed by atoms with Crippen LogP contribution in [0, 0.1) is 17.8 Å². The maximum atomic E-state index is 13.4. The van der Waals surface area contributed by atoms with Crippen molar-refractivity contribution in [3.05, 3.63) is 82.6 Å². The van der Waals surface area contributed by atoms with Crippen LogP contribution in [0.25, 0.3) is 6.08 Å². The van der Waals surface area contributed by atoms with Crippen molar-refractivity contribution in [1.82, 2.24) is 5.32 Å². The van der Waals surface area contributed by atoms with Crippen molar-refractivity contribution < 1.29 is 18.8 Å². The zero-order valence-corrected chi connectivity index (χ0v) is 22.8. The number of barbiturate groups is 1. The predicted octanol–water partition coefficient (Wildman–Crippen LogP) is 7.22. The Labute approximate surface area is 235 Å². The molecule has 0 radical (unpaired) electrons. The number of carbonyl (C=O) groups is 3. The molecule has 4 saturated carbocycles.